The van der Waals surface area contributed by atoms with Gasteiger partial charge in [-0.3, -0.25) is 0 Å². The quantitative estimate of drug-likeness (QED) is 0.601. The van der Waals surface area contributed by atoms with E-state index in [0.29, 0.717) is 12.1 Å². The fourth-order valence-corrected chi connectivity index (χ4v) is 1.17. The van der Waals surface area contributed by atoms with Crippen LogP contribution in [-0.2, 0) is 6.42 Å². The fraction of sp³-hybridized carbons (Fsp3) is 0.500. The van der Waals surface area contributed by atoms with Gasteiger partial charge in [0.05, 0.1) is 11.7 Å². The zero-order chi connectivity index (χ0) is 8.27. The van der Waals surface area contributed by atoms with E-state index >= 15 is 0 Å². The van der Waals surface area contributed by atoms with Gasteiger partial charge in [0, 0.05) is 0 Å². The first-order chi connectivity index (χ1) is 5.24. The molecule has 11 heavy (non-hydrogen) atoms. The molecule has 0 aliphatic carbocycles. The molecular formula is C4H7BN2O3S. The van der Waals surface area contributed by atoms with Crippen molar-refractivity contribution in [1.29, 1.82) is 0 Å². The molecule has 60 valence electrons. The van der Waals surface area contributed by atoms with Gasteiger partial charge in [-0.05, 0) is 6.42 Å². The number of aromatic nitrogens is 2. The Hall–Kier alpha value is -0.655. The Morgan fingerprint density at radius 1 is 1.55 bits per heavy atom. The Bertz CT molecular complexity index is 229. The Labute approximate surface area is 68.2 Å². The van der Waals surface area contributed by atoms with Gasteiger partial charge in [0.2, 0.25) is 5.88 Å². The molecule has 1 rings (SSSR count). The highest BCUT2D eigenvalue weighted by Crippen LogP contribution is 2.15. The fourth-order valence-electron chi connectivity index (χ4n) is 0.604. The van der Waals surface area contributed by atoms with Crippen molar-refractivity contribution in [2.75, 3.05) is 0 Å². The SMILES string of the molecule is CCc1nsnc1OB(O)O. The predicted molar refractivity (Wildman–Crippen MR) is 40.1 cm³/mol. The van der Waals surface area contributed by atoms with Crippen molar-refractivity contribution in [2.45, 2.75) is 13.3 Å². The molecule has 0 aliphatic heterocycles. The second-order valence-corrected chi connectivity index (χ2v) is 2.34. The predicted octanol–water partition coefficient (Wildman–Crippen LogP) is -0.551. The van der Waals surface area contributed by atoms with Crippen LogP contribution >= 0.6 is 11.7 Å². The summed E-state index contributed by atoms with van der Waals surface area (Å²) in [5.41, 5.74) is 0.642. The highest BCUT2D eigenvalue weighted by atomic mass is 32.1. The van der Waals surface area contributed by atoms with Crippen molar-refractivity contribution >= 4 is 19.0 Å². The maximum atomic E-state index is 8.41. The minimum atomic E-state index is -1.82. The van der Waals surface area contributed by atoms with Crippen LogP contribution in [0.4, 0.5) is 0 Å². The van der Waals surface area contributed by atoms with Gasteiger partial charge in [0.1, 0.15) is 5.69 Å². The third kappa shape index (κ3) is 2.14. The summed E-state index contributed by atoms with van der Waals surface area (Å²) in [6, 6.07) is 0. The summed E-state index contributed by atoms with van der Waals surface area (Å²) < 4.78 is 12.1. The molecule has 0 bridgehead atoms. The van der Waals surface area contributed by atoms with Crippen molar-refractivity contribution in [1.82, 2.24) is 8.75 Å². The lowest BCUT2D eigenvalue weighted by Gasteiger charge is -1.99. The minimum absolute atomic E-state index is 0.201. The van der Waals surface area contributed by atoms with Gasteiger partial charge in [0.25, 0.3) is 0 Å². The van der Waals surface area contributed by atoms with Crippen LogP contribution in [0.25, 0.3) is 0 Å². The lowest BCUT2D eigenvalue weighted by Crippen LogP contribution is -2.21. The maximum Gasteiger partial charge on any atom is 0.708 e. The number of rotatable bonds is 3. The van der Waals surface area contributed by atoms with Crippen LogP contribution in [0.15, 0.2) is 0 Å². The molecule has 5 nitrogen and oxygen atoms in total. The summed E-state index contributed by atoms with van der Waals surface area (Å²) >= 11 is 0.986. The van der Waals surface area contributed by atoms with Gasteiger partial charge in [-0.15, -0.1) is 4.37 Å². The molecule has 0 amide bonds. The normalized spacial score (nSPS) is 9.73. The summed E-state index contributed by atoms with van der Waals surface area (Å²) in [6.07, 6.45) is 0.665. The van der Waals surface area contributed by atoms with Crippen LogP contribution in [0.3, 0.4) is 0 Å². The summed E-state index contributed by atoms with van der Waals surface area (Å²) in [6.45, 7) is 1.88. The molecule has 0 saturated carbocycles. The van der Waals surface area contributed by atoms with E-state index in [2.05, 4.69) is 13.4 Å². The molecule has 0 atom stereocenters. The molecule has 0 spiro atoms. The van der Waals surface area contributed by atoms with E-state index in [-0.39, 0.29) is 5.88 Å². The zero-order valence-corrected chi connectivity index (χ0v) is 6.71. The Kier molecular flexibility index (Phi) is 2.80. The van der Waals surface area contributed by atoms with Gasteiger partial charge in [-0.1, -0.05) is 6.92 Å². The molecule has 1 aromatic rings. The molecule has 0 unspecified atom stereocenters. The van der Waals surface area contributed by atoms with Crippen LogP contribution in [0.5, 0.6) is 5.88 Å². The van der Waals surface area contributed by atoms with Gasteiger partial charge in [-0.25, -0.2) is 0 Å². The molecule has 0 aliphatic rings. The molecule has 0 aromatic carbocycles. The number of hydrogen-bond acceptors (Lipinski definition) is 6. The smallest absolute Gasteiger partial charge is 0.496 e. The largest absolute Gasteiger partial charge is 0.708 e. The first-order valence-electron chi connectivity index (χ1n) is 3.08. The average molecular weight is 174 g/mol. The molecule has 1 heterocycles. The number of hydrogen-bond donors (Lipinski definition) is 2. The highest BCUT2D eigenvalue weighted by molar-refractivity contribution is 6.99. The van der Waals surface area contributed by atoms with E-state index in [1.54, 1.807) is 0 Å². The van der Waals surface area contributed by atoms with Crippen LogP contribution in [0.2, 0.25) is 0 Å². The Morgan fingerprint density at radius 3 is 2.82 bits per heavy atom. The third-order valence-corrected chi connectivity index (χ3v) is 1.62. The molecule has 2 N–H and O–H groups in total. The molecular weight excluding hydrogens is 167 g/mol. The minimum Gasteiger partial charge on any atom is -0.496 e. The molecule has 0 fully saturated rings. The van der Waals surface area contributed by atoms with E-state index in [9.17, 15) is 0 Å². The van der Waals surface area contributed by atoms with E-state index in [4.69, 9.17) is 10.0 Å². The Morgan fingerprint density at radius 2 is 2.27 bits per heavy atom. The van der Waals surface area contributed by atoms with Crippen molar-refractivity contribution in [3.63, 3.8) is 0 Å². The van der Waals surface area contributed by atoms with E-state index < -0.39 is 7.32 Å². The summed E-state index contributed by atoms with van der Waals surface area (Å²) in [4.78, 5) is 0. The highest BCUT2D eigenvalue weighted by Gasteiger charge is 2.16. The summed E-state index contributed by atoms with van der Waals surface area (Å²) in [5, 5.41) is 16.8. The zero-order valence-electron chi connectivity index (χ0n) is 5.89. The monoisotopic (exact) mass is 174 g/mol. The van der Waals surface area contributed by atoms with Crippen molar-refractivity contribution < 1.29 is 14.7 Å². The van der Waals surface area contributed by atoms with E-state index in [1.165, 1.54) is 0 Å². The van der Waals surface area contributed by atoms with Crippen molar-refractivity contribution in [3.8, 4) is 5.88 Å². The first-order valence-corrected chi connectivity index (χ1v) is 3.81. The van der Waals surface area contributed by atoms with E-state index in [0.717, 1.165) is 11.7 Å². The standard InChI is InChI=1S/C4H7BN2O3S/c1-2-3-4(7-11-6-3)10-5(8)9/h8-9H,2H2,1H3. The Balaban J connectivity index is 2.68. The van der Waals surface area contributed by atoms with Crippen LogP contribution in [0, 0.1) is 0 Å². The van der Waals surface area contributed by atoms with Crippen molar-refractivity contribution in [2.24, 2.45) is 0 Å². The molecule has 1 aromatic heterocycles. The van der Waals surface area contributed by atoms with Gasteiger partial charge < -0.3 is 14.7 Å². The van der Waals surface area contributed by atoms with Gasteiger partial charge >= 0.3 is 7.32 Å². The number of nitrogens with zero attached hydrogens (tertiary/aromatic N) is 2. The van der Waals surface area contributed by atoms with Crippen LogP contribution in [-0.4, -0.2) is 26.1 Å². The molecule has 0 radical (unpaired) electrons. The lowest BCUT2D eigenvalue weighted by atomic mass is 10.2. The lowest BCUT2D eigenvalue weighted by molar-refractivity contribution is 0.283. The average Bonchev–Trinajstić information content (AvgIpc) is 2.34. The third-order valence-electron chi connectivity index (χ3n) is 1.07. The topological polar surface area (TPSA) is 75.5 Å². The summed E-state index contributed by atoms with van der Waals surface area (Å²) in [5.74, 6) is 0.201. The first kappa shape index (κ1) is 8.44. The second-order valence-electron chi connectivity index (χ2n) is 1.81. The molecule has 7 heteroatoms. The second kappa shape index (κ2) is 3.65. The molecule has 0 saturated heterocycles. The van der Waals surface area contributed by atoms with Gasteiger partial charge in [0.15, 0.2) is 0 Å². The maximum absolute atomic E-state index is 8.41. The summed E-state index contributed by atoms with van der Waals surface area (Å²) in [7, 11) is -1.82. The van der Waals surface area contributed by atoms with Crippen LogP contribution < -0.4 is 4.65 Å². The van der Waals surface area contributed by atoms with E-state index in [1.807, 2.05) is 6.92 Å². The van der Waals surface area contributed by atoms with Crippen LogP contribution in [0.1, 0.15) is 12.6 Å². The van der Waals surface area contributed by atoms with Gasteiger partial charge in [-0.2, -0.15) is 4.37 Å². The van der Waals surface area contributed by atoms with Crippen molar-refractivity contribution in [3.05, 3.63) is 5.69 Å². The number of aryl methyl sites for hydroxylation is 1.